The number of benzene rings is 1. The number of piperidine rings is 1. The Kier molecular flexibility index (Phi) is 7.29. The summed E-state index contributed by atoms with van der Waals surface area (Å²) in [6.45, 7) is 1.16. The summed E-state index contributed by atoms with van der Waals surface area (Å²) in [7, 11) is 1.89. The van der Waals surface area contributed by atoms with Gasteiger partial charge >= 0.3 is 5.97 Å². The van der Waals surface area contributed by atoms with Crippen molar-refractivity contribution in [3.63, 3.8) is 0 Å². The highest BCUT2D eigenvalue weighted by Gasteiger charge is 2.28. The minimum Gasteiger partial charge on any atom is -0.466 e. The Morgan fingerprint density at radius 3 is 2.68 bits per heavy atom. The van der Waals surface area contributed by atoms with Crippen molar-refractivity contribution in [2.45, 2.75) is 51.0 Å². The number of rotatable bonds is 8. The molecule has 3 rings (SSSR count). The van der Waals surface area contributed by atoms with Crippen LogP contribution in [0.4, 0.5) is 0 Å². The Bertz CT molecular complexity index is 769. The number of ether oxygens (including phenoxy) is 1. The zero-order valence-corrected chi connectivity index (χ0v) is 16.7. The molecule has 5 heteroatoms. The summed E-state index contributed by atoms with van der Waals surface area (Å²) in [6, 6.07) is 14.1. The highest BCUT2D eigenvalue weighted by molar-refractivity contribution is 5.93. The van der Waals surface area contributed by atoms with Gasteiger partial charge in [-0.15, -0.1) is 0 Å². The van der Waals surface area contributed by atoms with Gasteiger partial charge in [0.15, 0.2) is 0 Å². The van der Waals surface area contributed by atoms with Crippen molar-refractivity contribution in [2.75, 3.05) is 13.2 Å². The molecule has 0 bridgehead atoms. The summed E-state index contributed by atoms with van der Waals surface area (Å²) in [6.07, 6.45) is 7.84. The van der Waals surface area contributed by atoms with E-state index >= 15 is 0 Å². The van der Waals surface area contributed by atoms with Gasteiger partial charge in [-0.1, -0.05) is 30.3 Å². The molecule has 1 amide bonds. The molecule has 1 aliphatic rings. The van der Waals surface area contributed by atoms with Gasteiger partial charge in [-0.2, -0.15) is 0 Å². The van der Waals surface area contributed by atoms with Crippen LogP contribution in [0.15, 0.2) is 48.7 Å². The fourth-order valence-corrected chi connectivity index (χ4v) is 3.86. The molecule has 1 aromatic heterocycles. The number of nitrogens with zero attached hydrogens (tertiary/aromatic N) is 2. The third kappa shape index (κ3) is 5.47. The van der Waals surface area contributed by atoms with Gasteiger partial charge in [0, 0.05) is 38.7 Å². The summed E-state index contributed by atoms with van der Waals surface area (Å²) >= 11 is 0. The molecule has 1 unspecified atom stereocenters. The minimum absolute atomic E-state index is 0.0754. The molecule has 1 fully saturated rings. The fourth-order valence-electron chi connectivity index (χ4n) is 3.86. The maximum Gasteiger partial charge on any atom is 0.305 e. The maximum absolute atomic E-state index is 12.9. The van der Waals surface area contributed by atoms with Crippen LogP contribution in [0.2, 0.25) is 0 Å². The highest BCUT2D eigenvalue weighted by Crippen LogP contribution is 2.22. The second-order valence-corrected chi connectivity index (χ2v) is 7.50. The van der Waals surface area contributed by atoms with Gasteiger partial charge in [-0.3, -0.25) is 9.59 Å². The van der Waals surface area contributed by atoms with Gasteiger partial charge < -0.3 is 14.2 Å². The normalized spacial score (nSPS) is 16.8. The predicted molar refractivity (Wildman–Crippen MR) is 109 cm³/mol. The van der Waals surface area contributed by atoms with Gasteiger partial charge in [0.05, 0.1) is 6.61 Å². The standard InChI is InChI=1S/C23H30N2O3/c1-24-16-8-13-21(24)23(27)25-17-6-5-12-20(25)15-18-28-22(26)14-7-11-19-9-3-2-4-10-19/h2-4,8-10,13,16,20H,5-7,11-12,14-15,17-18H2,1H3. The zero-order chi connectivity index (χ0) is 19.8. The summed E-state index contributed by atoms with van der Waals surface area (Å²) in [5.41, 5.74) is 1.96. The van der Waals surface area contributed by atoms with E-state index in [-0.39, 0.29) is 17.9 Å². The molecule has 5 nitrogen and oxygen atoms in total. The summed E-state index contributed by atoms with van der Waals surface area (Å²) in [4.78, 5) is 26.8. The number of hydrogen-bond donors (Lipinski definition) is 0. The van der Waals surface area contributed by atoms with Gasteiger partial charge in [0.25, 0.3) is 5.91 Å². The zero-order valence-electron chi connectivity index (χ0n) is 16.7. The number of hydrogen-bond acceptors (Lipinski definition) is 3. The molecule has 0 spiro atoms. The van der Waals surface area contributed by atoms with E-state index < -0.39 is 0 Å². The molecule has 0 radical (unpaired) electrons. The highest BCUT2D eigenvalue weighted by atomic mass is 16.5. The van der Waals surface area contributed by atoms with Crippen molar-refractivity contribution in [2.24, 2.45) is 7.05 Å². The SMILES string of the molecule is Cn1cccc1C(=O)N1CCCCC1CCOC(=O)CCCc1ccccc1. The van der Waals surface area contributed by atoms with E-state index in [9.17, 15) is 9.59 Å². The van der Waals surface area contributed by atoms with Crippen LogP contribution in [-0.4, -0.2) is 40.5 Å². The number of likely N-dealkylation sites (tertiary alicyclic amines) is 1. The van der Waals surface area contributed by atoms with Crippen molar-refractivity contribution in [3.05, 3.63) is 59.9 Å². The first-order chi connectivity index (χ1) is 13.6. The molecule has 0 saturated carbocycles. The summed E-state index contributed by atoms with van der Waals surface area (Å²) < 4.78 is 7.30. The molecule has 1 saturated heterocycles. The van der Waals surface area contributed by atoms with E-state index in [1.54, 1.807) is 0 Å². The predicted octanol–water partition coefficient (Wildman–Crippen LogP) is 3.98. The van der Waals surface area contributed by atoms with E-state index in [1.165, 1.54) is 5.56 Å². The monoisotopic (exact) mass is 382 g/mol. The minimum atomic E-state index is -0.146. The third-order valence-corrected chi connectivity index (χ3v) is 5.45. The quantitative estimate of drug-likeness (QED) is 0.649. The molecule has 2 heterocycles. The third-order valence-electron chi connectivity index (χ3n) is 5.45. The van der Waals surface area contributed by atoms with Crippen LogP contribution in [0, 0.1) is 0 Å². The van der Waals surface area contributed by atoms with Gasteiger partial charge in [-0.05, 0) is 49.8 Å². The van der Waals surface area contributed by atoms with Gasteiger partial charge in [0.1, 0.15) is 5.69 Å². The average Bonchev–Trinajstić information content (AvgIpc) is 3.14. The molecule has 0 N–H and O–H groups in total. The summed E-state index contributed by atoms with van der Waals surface area (Å²) in [5.74, 6) is -0.0709. The Hall–Kier alpha value is -2.56. The number of carbonyl (C=O) groups is 2. The van der Waals surface area contributed by atoms with Crippen molar-refractivity contribution >= 4 is 11.9 Å². The smallest absolute Gasteiger partial charge is 0.305 e. The molecule has 1 aliphatic heterocycles. The van der Waals surface area contributed by atoms with Gasteiger partial charge in [0.2, 0.25) is 0 Å². The summed E-state index contributed by atoms with van der Waals surface area (Å²) in [5, 5.41) is 0. The van der Waals surface area contributed by atoms with Crippen LogP contribution in [-0.2, 0) is 23.0 Å². The van der Waals surface area contributed by atoms with Gasteiger partial charge in [-0.25, -0.2) is 0 Å². The lowest BCUT2D eigenvalue weighted by Gasteiger charge is -2.35. The molecule has 0 aliphatic carbocycles. The molecule has 150 valence electrons. The second-order valence-electron chi connectivity index (χ2n) is 7.50. The van der Waals surface area contributed by atoms with Crippen LogP contribution in [0.1, 0.15) is 54.6 Å². The van der Waals surface area contributed by atoms with Crippen LogP contribution in [0.5, 0.6) is 0 Å². The Morgan fingerprint density at radius 1 is 1.11 bits per heavy atom. The first-order valence-electron chi connectivity index (χ1n) is 10.3. The van der Waals surface area contributed by atoms with Crippen molar-refractivity contribution in [1.29, 1.82) is 0 Å². The van der Waals surface area contributed by atoms with E-state index in [0.29, 0.717) is 25.1 Å². The molecular formula is C23H30N2O3. The number of amides is 1. The number of aromatic nitrogens is 1. The Balaban J connectivity index is 1.41. The lowest BCUT2D eigenvalue weighted by Crippen LogP contribution is -2.44. The van der Waals surface area contributed by atoms with Crippen molar-refractivity contribution in [3.8, 4) is 0 Å². The number of carbonyl (C=O) groups excluding carboxylic acids is 2. The number of esters is 1. The second kappa shape index (κ2) is 10.1. The van der Waals surface area contributed by atoms with Crippen LogP contribution >= 0.6 is 0 Å². The van der Waals surface area contributed by atoms with Crippen molar-refractivity contribution in [1.82, 2.24) is 9.47 Å². The fraction of sp³-hybridized carbons (Fsp3) is 0.478. The Labute approximate surface area is 167 Å². The molecular weight excluding hydrogens is 352 g/mol. The molecule has 28 heavy (non-hydrogen) atoms. The van der Waals surface area contributed by atoms with Crippen molar-refractivity contribution < 1.29 is 14.3 Å². The largest absolute Gasteiger partial charge is 0.466 e. The molecule has 1 atom stereocenters. The van der Waals surface area contributed by atoms with E-state index in [2.05, 4.69) is 12.1 Å². The molecule has 1 aromatic carbocycles. The van der Waals surface area contributed by atoms with E-state index in [0.717, 1.165) is 38.6 Å². The first-order valence-corrected chi connectivity index (χ1v) is 10.3. The molecule has 2 aromatic rings. The van der Waals surface area contributed by atoms with Crippen LogP contribution < -0.4 is 0 Å². The van der Waals surface area contributed by atoms with E-state index in [1.807, 2.05) is 53.0 Å². The maximum atomic E-state index is 12.9. The lowest BCUT2D eigenvalue weighted by molar-refractivity contribution is -0.144. The van der Waals surface area contributed by atoms with E-state index in [4.69, 9.17) is 4.74 Å². The van der Waals surface area contributed by atoms with Crippen LogP contribution in [0.25, 0.3) is 0 Å². The lowest BCUT2D eigenvalue weighted by atomic mass is 9.99. The average molecular weight is 383 g/mol. The topological polar surface area (TPSA) is 51.5 Å². The Morgan fingerprint density at radius 2 is 1.93 bits per heavy atom. The van der Waals surface area contributed by atoms with Crippen LogP contribution in [0.3, 0.4) is 0 Å². The number of aryl methyl sites for hydroxylation is 2. The first kappa shape index (κ1) is 20.2.